The number of aromatic amines is 1. The Balaban J connectivity index is 1.60. The fraction of sp³-hybridized carbons (Fsp3) is 0.389. The van der Waals surface area contributed by atoms with E-state index in [9.17, 15) is 4.39 Å². The third kappa shape index (κ3) is 4.74. The summed E-state index contributed by atoms with van der Waals surface area (Å²) in [6.45, 7) is 6.22. The molecule has 11 heteroatoms. The van der Waals surface area contributed by atoms with Crippen LogP contribution in [0.1, 0.15) is 24.4 Å². The van der Waals surface area contributed by atoms with Gasteiger partial charge in [0.1, 0.15) is 11.9 Å². The highest BCUT2D eigenvalue weighted by molar-refractivity contribution is 5.50. The number of aromatic nitrogens is 6. The van der Waals surface area contributed by atoms with Crippen molar-refractivity contribution >= 4 is 17.7 Å². The highest BCUT2D eigenvalue weighted by Crippen LogP contribution is 2.22. The minimum atomic E-state index is -0.476. The molecule has 1 saturated heterocycles. The van der Waals surface area contributed by atoms with Crippen LogP contribution in [0.4, 0.5) is 22.1 Å². The van der Waals surface area contributed by atoms with Gasteiger partial charge in [-0.2, -0.15) is 20.1 Å². The zero-order chi connectivity index (χ0) is 20.2. The van der Waals surface area contributed by atoms with Gasteiger partial charge in [0.25, 0.3) is 0 Å². The first kappa shape index (κ1) is 19.0. The van der Waals surface area contributed by atoms with Gasteiger partial charge in [-0.1, -0.05) is 0 Å². The number of pyridine rings is 1. The van der Waals surface area contributed by atoms with E-state index >= 15 is 0 Å². The van der Waals surface area contributed by atoms with Crippen LogP contribution < -0.4 is 15.0 Å². The van der Waals surface area contributed by atoms with Crippen molar-refractivity contribution in [3.05, 3.63) is 41.6 Å². The van der Waals surface area contributed by atoms with Crippen LogP contribution in [0.25, 0.3) is 0 Å². The predicted molar refractivity (Wildman–Crippen MR) is 103 cm³/mol. The molecule has 1 aliphatic heterocycles. The van der Waals surface area contributed by atoms with Crippen molar-refractivity contribution in [1.82, 2.24) is 30.1 Å². The molecule has 0 aliphatic carbocycles. The zero-order valence-corrected chi connectivity index (χ0v) is 16.1. The second-order valence-electron chi connectivity index (χ2n) is 6.56. The first-order valence-electron chi connectivity index (χ1n) is 9.23. The fourth-order valence-corrected chi connectivity index (χ4v) is 2.80. The van der Waals surface area contributed by atoms with E-state index < -0.39 is 11.9 Å². The van der Waals surface area contributed by atoms with E-state index in [0.717, 1.165) is 11.9 Å². The van der Waals surface area contributed by atoms with Crippen LogP contribution >= 0.6 is 0 Å². The molecule has 0 aromatic carbocycles. The molecule has 1 fully saturated rings. The lowest BCUT2D eigenvalue weighted by Crippen LogP contribution is -2.37. The summed E-state index contributed by atoms with van der Waals surface area (Å²) in [5.74, 6) is 0.965. The lowest BCUT2D eigenvalue weighted by Gasteiger charge is -2.27. The maximum Gasteiger partial charge on any atom is 0.323 e. The summed E-state index contributed by atoms with van der Waals surface area (Å²) in [7, 11) is 0. The molecule has 29 heavy (non-hydrogen) atoms. The quantitative estimate of drug-likeness (QED) is 0.642. The second kappa shape index (κ2) is 8.35. The Bertz CT molecular complexity index is 959. The lowest BCUT2D eigenvalue weighted by atomic mass is 10.2. The molecule has 4 rings (SSSR count). The Morgan fingerprint density at radius 1 is 1.24 bits per heavy atom. The fourth-order valence-electron chi connectivity index (χ4n) is 2.80. The van der Waals surface area contributed by atoms with Gasteiger partial charge >= 0.3 is 6.01 Å². The minimum Gasteiger partial charge on any atom is -0.454 e. The smallest absolute Gasteiger partial charge is 0.323 e. The molecule has 152 valence electrons. The molecule has 3 aromatic heterocycles. The van der Waals surface area contributed by atoms with Crippen molar-refractivity contribution in [1.29, 1.82) is 0 Å². The van der Waals surface area contributed by atoms with Gasteiger partial charge in [-0.25, -0.2) is 4.39 Å². The molecule has 0 bridgehead atoms. The number of nitrogens with zero attached hydrogens (tertiary/aromatic N) is 6. The SMILES string of the molecule is Cc1cc(Nc2nc(O[C@@H](C)c3ccc(F)cn3)nc(N3CCOCC3)n2)n[nH]1. The maximum atomic E-state index is 13.1. The molecule has 0 spiro atoms. The van der Waals surface area contributed by atoms with E-state index in [-0.39, 0.29) is 6.01 Å². The van der Waals surface area contributed by atoms with E-state index in [4.69, 9.17) is 9.47 Å². The van der Waals surface area contributed by atoms with Crippen LogP contribution in [0.5, 0.6) is 6.01 Å². The van der Waals surface area contributed by atoms with Crippen LogP contribution in [-0.4, -0.2) is 56.4 Å². The van der Waals surface area contributed by atoms with Crippen molar-refractivity contribution < 1.29 is 13.9 Å². The number of nitrogens with one attached hydrogen (secondary N) is 2. The summed E-state index contributed by atoms with van der Waals surface area (Å²) in [5, 5.41) is 10.1. The Morgan fingerprint density at radius 2 is 2.07 bits per heavy atom. The number of morpholine rings is 1. The average molecular weight is 400 g/mol. The van der Waals surface area contributed by atoms with Crippen LogP contribution in [0, 0.1) is 12.7 Å². The van der Waals surface area contributed by atoms with E-state index in [1.165, 1.54) is 6.07 Å². The molecule has 2 N–H and O–H groups in total. The van der Waals surface area contributed by atoms with Crippen LogP contribution in [0.2, 0.25) is 0 Å². The van der Waals surface area contributed by atoms with Gasteiger partial charge in [0.15, 0.2) is 5.82 Å². The number of rotatable bonds is 6. The van der Waals surface area contributed by atoms with E-state index in [2.05, 4.69) is 35.5 Å². The number of H-pyrrole nitrogens is 1. The highest BCUT2D eigenvalue weighted by atomic mass is 19.1. The van der Waals surface area contributed by atoms with Gasteiger partial charge in [0.05, 0.1) is 25.1 Å². The third-order valence-corrected chi connectivity index (χ3v) is 4.29. The molecule has 0 saturated carbocycles. The molecule has 1 aliphatic rings. The Hall–Kier alpha value is -3.34. The van der Waals surface area contributed by atoms with Gasteiger partial charge in [-0.15, -0.1) is 0 Å². The van der Waals surface area contributed by atoms with Gasteiger partial charge in [0, 0.05) is 24.8 Å². The van der Waals surface area contributed by atoms with E-state index in [1.807, 2.05) is 17.9 Å². The Kier molecular flexibility index (Phi) is 5.47. The van der Waals surface area contributed by atoms with E-state index in [1.54, 1.807) is 13.0 Å². The third-order valence-electron chi connectivity index (χ3n) is 4.29. The number of aryl methyl sites for hydroxylation is 1. The van der Waals surface area contributed by atoms with Gasteiger partial charge in [-0.05, 0) is 26.0 Å². The first-order valence-corrected chi connectivity index (χ1v) is 9.23. The van der Waals surface area contributed by atoms with Crippen LogP contribution in [-0.2, 0) is 4.74 Å². The molecule has 3 aromatic rings. The van der Waals surface area contributed by atoms with Crippen LogP contribution in [0.15, 0.2) is 24.4 Å². The monoisotopic (exact) mass is 400 g/mol. The average Bonchev–Trinajstić information content (AvgIpc) is 3.13. The lowest BCUT2D eigenvalue weighted by molar-refractivity contribution is 0.121. The normalized spacial score (nSPS) is 15.2. The van der Waals surface area contributed by atoms with Crippen molar-refractivity contribution in [2.75, 3.05) is 36.5 Å². The largest absolute Gasteiger partial charge is 0.454 e. The first-order chi connectivity index (χ1) is 14.1. The highest BCUT2D eigenvalue weighted by Gasteiger charge is 2.19. The molecule has 0 radical (unpaired) electrons. The maximum absolute atomic E-state index is 13.1. The summed E-state index contributed by atoms with van der Waals surface area (Å²) in [4.78, 5) is 19.3. The topological polar surface area (TPSA) is 114 Å². The van der Waals surface area contributed by atoms with Gasteiger partial charge in [0.2, 0.25) is 11.9 Å². The van der Waals surface area contributed by atoms with Crippen molar-refractivity contribution in [2.24, 2.45) is 0 Å². The summed E-state index contributed by atoms with van der Waals surface area (Å²) >= 11 is 0. The second-order valence-corrected chi connectivity index (χ2v) is 6.56. The van der Waals surface area contributed by atoms with E-state index in [0.29, 0.717) is 49.7 Å². The summed E-state index contributed by atoms with van der Waals surface area (Å²) in [6, 6.07) is 4.87. The number of halogens is 1. The van der Waals surface area contributed by atoms with Crippen molar-refractivity contribution in [2.45, 2.75) is 20.0 Å². The molecule has 1 atom stereocenters. The summed E-state index contributed by atoms with van der Waals surface area (Å²) in [6.07, 6.45) is 0.672. The number of hydrogen-bond donors (Lipinski definition) is 2. The van der Waals surface area contributed by atoms with Crippen LogP contribution in [0.3, 0.4) is 0 Å². The number of anilines is 3. The molecular formula is C18H21FN8O2. The summed E-state index contributed by atoms with van der Waals surface area (Å²) < 4.78 is 24.4. The Morgan fingerprint density at radius 3 is 2.76 bits per heavy atom. The molecular weight excluding hydrogens is 379 g/mol. The summed E-state index contributed by atoms with van der Waals surface area (Å²) in [5.41, 5.74) is 1.47. The van der Waals surface area contributed by atoms with Crippen molar-refractivity contribution in [3.8, 4) is 6.01 Å². The molecule has 4 heterocycles. The van der Waals surface area contributed by atoms with Crippen molar-refractivity contribution in [3.63, 3.8) is 0 Å². The van der Waals surface area contributed by atoms with Gasteiger partial charge in [-0.3, -0.25) is 10.1 Å². The zero-order valence-electron chi connectivity index (χ0n) is 16.1. The standard InChI is InChI=1S/C18H21FN8O2/c1-11-9-15(26-25-11)21-16-22-17(27-5-7-28-8-6-27)24-18(23-16)29-12(2)14-4-3-13(19)10-20-14/h3-4,9-10,12H,5-8H2,1-2H3,(H2,21,22,23,24,25,26)/t12-/m0/s1. The van der Waals surface area contributed by atoms with Gasteiger partial charge < -0.3 is 19.7 Å². The molecule has 10 nitrogen and oxygen atoms in total. The Labute approximate surface area is 166 Å². The number of ether oxygens (including phenoxy) is 2. The molecule has 0 unspecified atom stereocenters. The minimum absolute atomic E-state index is 0.134. The molecule has 0 amide bonds. The predicted octanol–water partition coefficient (Wildman–Crippen LogP) is 2.16. The number of hydrogen-bond acceptors (Lipinski definition) is 9.